The molecule has 0 bridgehead atoms. The lowest BCUT2D eigenvalue weighted by Gasteiger charge is -2.15. The molecule has 1 aromatic heterocycles. The first-order valence-electron chi connectivity index (χ1n) is 12.9. The smallest absolute Gasteiger partial charge is 0.401 e. The van der Waals surface area contributed by atoms with Gasteiger partial charge in [-0.25, -0.2) is 14.6 Å². The van der Waals surface area contributed by atoms with Gasteiger partial charge in [-0.2, -0.15) is 5.26 Å². The second-order valence-corrected chi connectivity index (χ2v) is 8.78. The average Bonchev–Trinajstić information content (AvgIpc) is 3.39. The number of rotatable bonds is 8. The van der Waals surface area contributed by atoms with Crippen molar-refractivity contribution in [3.8, 4) is 11.8 Å². The van der Waals surface area contributed by atoms with Crippen molar-refractivity contribution in [2.75, 3.05) is 12.1 Å². The number of pyridine rings is 1. The summed E-state index contributed by atoms with van der Waals surface area (Å²) in [6, 6.07) is 9.87. The van der Waals surface area contributed by atoms with Crippen LogP contribution in [-0.2, 0) is 0 Å². The van der Waals surface area contributed by atoms with Crippen LogP contribution >= 0.6 is 0 Å². The third-order valence-corrected chi connectivity index (χ3v) is 6.05. The number of hydrazine groups is 1. The normalized spacial score (nSPS) is 14.1. The highest BCUT2D eigenvalue weighted by molar-refractivity contribution is 5.97. The van der Waals surface area contributed by atoms with E-state index in [9.17, 15) is 18.8 Å². The number of nitriles is 1. The maximum atomic E-state index is 12.7. The highest BCUT2D eigenvalue weighted by atomic mass is 19.1. The van der Waals surface area contributed by atoms with Crippen molar-refractivity contribution in [1.29, 1.82) is 5.26 Å². The Hall–Kier alpha value is -3.31. The van der Waals surface area contributed by atoms with Gasteiger partial charge >= 0.3 is 6.22 Å². The Bertz CT molecular complexity index is 1040. The Labute approximate surface area is 220 Å². The predicted molar refractivity (Wildman–Crippen MR) is 146 cm³/mol. The van der Waals surface area contributed by atoms with E-state index in [1.165, 1.54) is 37.8 Å². The Balaban J connectivity index is 0.000000735. The second kappa shape index (κ2) is 17.2. The third-order valence-electron chi connectivity index (χ3n) is 6.05. The molecular weight excluding hydrogens is 474 g/mol. The van der Waals surface area contributed by atoms with Crippen molar-refractivity contribution in [2.24, 2.45) is 5.92 Å². The van der Waals surface area contributed by atoms with Gasteiger partial charge in [0.05, 0.1) is 29.2 Å². The van der Waals surface area contributed by atoms with E-state index in [1.54, 1.807) is 38.2 Å². The molecule has 0 saturated heterocycles. The van der Waals surface area contributed by atoms with E-state index in [4.69, 9.17) is 0 Å². The van der Waals surface area contributed by atoms with Crippen LogP contribution in [0.2, 0.25) is 0 Å². The van der Waals surface area contributed by atoms with Crippen LogP contribution in [0.5, 0.6) is 5.75 Å². The largest absolute Gasteiger partial charge is 0.500 e. The molecule has 1 saturated carbocycles. The number of nitrogens with zero attached hydrogens (tertiary/aromatic N) is 2. The second-order valence-electron chi connectivity index (χ2n) is 8.78. The molecule has 0 spiro atoms. The zero-order chi connectivity index (χ0) is 27.8. The molecule has 2 aromatic rings. The zero-order valence-corrected chi connectivity index (χ0v) is 22.8. The summed E-state index contributed by atoms with van der Waals surface area (Å²) in [4.78, 5) is 14.9. The summed E-state index contributed by atoms with van der Waals surface area (Å²) in [5.74, 6) is 1.06. The van der Waals surface area contributed by atoms with Gasteiger partial charge in [0.2, 0.25) is 0 Å². The SMILES string of the molecule is CC.CC1CCCC1.CCC(CF)NNc1ccc(/C(C)=C(\C#N)c2cc(OC(=O)F)ccc2C)nc1. The third kappa shape index (κ3) is 10.7. The molecule has 1 fully saturated rings. The van der Waals surface area contributed by atoms with E-state index >= 15 is 0 Å². The van der Waals surface area contributed by atoms with E-state index in [1.807, 2.05) is 20.8 Å². The number of hydrogen-bond donors (Lipinski definition) is 2. The Morgan fingerprint density at radius 3 is 2.38 bits per heavy atom. The van der Waals surface area contributed by atoms with Crippen LogP contribution < -0.4 is 15.6 Å². The van der Waals surface area contributed by atoms with Crippen LogP contribution in [0.4, 0.5) is 19.3 Å². The number of aryl methyl sites for hydroxylation is 1. The number of halogens is 2. The van der Waals surface area contributed by atoms with E-state index in [0.29, 0.717) is 34.5 Å². The lowest BCUT2D eigenvalue weighted by Crippen LogP contribution is -2.35. The molecule has 0 amide bonds. The molecule has 0 radical (unpaired) electrons. The number of alkyl halides is 1. The monoisotopic (exact) mass is 514 g/mol. The van der Waals surface area contributed by atoms with Crippen LogP contribution in [0.15, 0.2) is 36.5 Å². The minimum atomic E-state index is -1.92. The quantitative estimate of drug-likeness (QED) is 0.210. The van der Waals surface area contributed by atoms with Gasteiger partial charge in [-0.05, 0) is 67.2 Å². The summed E-state index contributed by atoms with van der Waals surface area (Å²) >= 11 is 0. The number of anilines is 1. The van der Waals surface area contributed by atoms with Crippen LogP contribution in [0.1, 0.15) is 83.5 Å². The molecule has 1 aromatic carbocycles. The molecule has 1 unspecified atom stereocenters. The number of nitrogens with one attached hydrogen (secondary N) is 2. The minimum absolute atomic E-state index is 0.00979. The van der Waals surface area contributed by atoms with Crippen molar-refractivity contribution >= 4 is 23.1 Å². The maximum Gasteiger partial charge on any atom is 0.500 e. The molecule has 1 aliphatic rings. The Morgan fingerprint density at radius 2 is 1.92 bits per heavy atom. The van der Waals surface area contributed by atoms with Gasteiger partial charge in [0.15, 0.2) is 0 Å². The van der Waals surface area contributed by atoms with Gasteiger partial charge in [0.1, 0.15) is 18.5 Å². The molecule has 1 heterocycles. The first-order chi connectivity index (χ1) is 17.8. The van der Waals surface area contributed by atoms with Crippen LogP contribution in [-0.4, -0.2) is 23.9 Å². The van der Waals surface area contributed by atoms with E-state index in [2.05, 4.69) is 33.6 Å². The first kappa shape index (κ1) is 31.7. The fourth-order valence-corrected chi connectivity index (χ4v) is 3.76. The van der Waals surface area contributed by atoms with Crippen molar-refractivity contribution in [1.82, 2.24) is 10.4 Å². The molecule has 2 N–H and O–H groups in total. The predicted octanol–water partition coefficient (Wildman–Crippen LogP) is 8.20. The molecule has 8 heteroatoms. The summed E-state index contributed by atoms with van der Waals surface area (Å²) in [5, 5.41) is 9.69. The van der Waals surface area contributed by atoms with Crippen molar-refractivity contribution < 1.29 is 18.3 Å². The lowest BCUT2D eigenvalue weighted by atomic mass is 9.95. The molecule has 6 nitrogen and oxygen atoms in total. The Morgan fingerprint density at radius 1 is 1.24 bits per heavy atom. The molecule has 3 rings (SSSR count). The molecule has 0 aliphatic heterocycles. The van der Waals surface area contributed by atoms with Crippen LogP contribution in [0.3, 0.4) is 0 Å². The zero-order valence-electron chi connectivity index (χ0n) is 22.8. The highest BCUT2D eigenvalue weighted by Crippen LogP contribution is 2.30. The van der Waals surface area contributed by atoms with Crippen LogP contribution in [0.25, 0.3) is 11.1 Å². The highest BCUT2D eigenvalue weighted by Gasteiger charge is 2.14. The molecule has 202 valence electrons. The van der Waals surface area contributed by atoms with E-state index in [-0.39, 0.29) is 11.8 Å². The number of benzene rings is 1. The summed E-state index contributed by atoms with van der Waals surface area (Å²) in [7, 11) is 0. The fourth-order valence-electron chi connectivity index (χ4n) is 3.76. The van der Waals surface area contributed by atoms with Crippen molar-refractivity contribution in [2.45, 2.75) is 79.7 Å². The topological polar surface area (TPSA) is 87.0 Å². The molecular formula is C29H40F2N4O2. The average molecular weight is 515 g/mol. The number of ether oxygens (including phenoxy) is 1. The van der Waals surface area contributed by atoms with E-state index < -0.39 is 12.9 Å². The van der Waals surface area contributed by atoms with Gasteiger partial charge < -0.3 is 10.2 Å². The van der Waals surface area contributed by atoms with Gasteiger partial charge in [-0.15, -0.1) is 4.39 Å². The molecule has 1 atom stereocenters. The first-order valence-corrected chi connectivity index (χ1v) is 12.9. The molecule has 1 aliphatic carbocycles. The lowest BCUT2D eigenvalue weighted by molar-refractivity contribution is 0.175. The standard InChI is InChI=1S/C21H22F2N4O2.C6H12.C2H6/c1-4-15(10-22)26-27-16-6-8-20(25-12-16)14(3)19(11-24)18-9-17(29-21(23)28)7-5-13(18)2;1-6-4-2-3-5-6;1-2/h5-9,12,15,26-27H,4,10H2,1-3H3;6H,2-5H2,1H3;1-2H3/b19-14+;;. The van der Waals surface area contributed by atoms with Crippen LogP contribution in [0, 0.1) is 24.2 Å². The van der Waals surface area contributed by atoms with Gasteiger partial charge in [-0.1, -0.05) is 59.4 Å². The number of carbonyl (C=O) groups excluding carboxylic acids is 1. The summed E-state index contributed by atoms with van der Waals surface area (Å²) in [6.07, 6.45) is 6.23. The number of hydrogen-bond acceptors (Lipinski definition) is 6. The number of carbonyl (C=O) groups is 1. The van der Waals surface area contributed by atoms with Gasteiger partial charge in [-0.3, -0.25) is 4.98 Å². The minimum Gasteiger partial charge on any atom is -0.401 e. The van der Waals surface area contributed by atoms with Crippen molar-refractivity contribution in [3.63, 3.8) is 0 Å². The van der Waals surface area contributed by atoms with Gasteiger partial charge in [0, 0.05) is 0 Å². The summed E-state index contributed by atoms with van der Waals surface area (Å²) in [5.41, 5.74) is 9.21. The Kier molecular flexibility index (Phi) is 14.7. The van der Waals surface area contributed by atoms with E-state index in [0.717, 1.165) is 11.5 Å². The van der Waals surface area contributed by atoms with Gasteiger partial charge in [0.25, 0.3) is 0 Å². The maximum absolute atomic E-state index is 12.7. The summed E-state index contributed by atoms with van der Waals surface area (Å²) < 4.78 is 29.8. The number of allylic oxidation sites excluding steroid dienone is 2. The van der Waals surface area contributed by atoms with Crippen molar-refractivity contribution in [3.05, 3.63) is 53.3 Å². The summed E-state index contributed by atoms with van der Waals surface area (Å²) in [6.45, 7) is 11.3. The molecule has 37 heavy (non-hydrogen) atoms. The fraction of sp³-hybridized carbons (Fsp3) is 0.483. The number of aromatic nitrogens is 1.